The third-order valence-electron chi connectivity index (χ3n) is 2.25. The van der Waals surface area contributed by atoms with E-state index in [0.29, 0.717) is 6.42 Å². The molecule has 1 aromatic rings. The summed E-state index contributed by atoms with van der Waals surface area (Å²) < 4.78 is 10.5. The molecule has 0 aliphatic heterocycles. The minimum atomic E-state index is -0.383. The Labute approximate surface area is 92.0 Å². The lowest BCUT2D eigenvalue weighted by Gasteiger charge is -2.14. The molecule has 0 bridgehead atoms. The van der Waals surface area contributed by atoms with Gasteiger partial charge in [-0.2, -0.15) is 0 Å². The van der Waals surface area contributed by atoms with Gasteiger partial charge in [-0.05, 0) is 42.5 Å². The molecule has 1 unspecified atom stereocenters. The lowest BCUT2D eigenvalue weighted by Crippen LogP contribution is -2.22. The molecule has 15 heavy (non-hydrogen) atoms. The SMILES string of the molecule is [B]C(N)Cc1cc(OC)c(C)cc1OC. The number of benzene rings is 1. The summed E-state index contributed by atoms with van der Waals surface area (Å²) in [6.45, 7) is 1.97. The van der Waals surface area contributed by atoms with Gasteiger partial charge >= 0.3 is 0 Å². The first-order valence-corrected chi connectivity index (χ1v) is 4.81. The molecular weight excluding hydrogens is 189 g/mol. The zero-order valence-corrected chi connectivity index (χ0v) is 9.41. The average molecular weight is 205 g/mol. The Balaban J connectivity index is 3.10. The standard InChI is InChI=1S/C11H16BNO2/c1-7-4-10(15-3)8(6-11(12)13)5-9(7)14-2/h4-5,11H,6,13H2,1-3H3. The number of ether oxygens (including phenoxy) is 2. The summed E-state index contributed by atoms with van der Waals surface area (Å²) in [5.41, 5.74) is 7.56. The van der Waals surface area contributed by atoms with Gasteiger partial charge in [0.05, 0.1) is 22.1 Å². The molecule has 4 heteroatoms. The second-order valence-corrected chi connectivity index (χ2v) is 3.50. The van der Waals surface area contributed by atoms with E-state index in [0.717, 1.165) is 22.6 Å². The first-order chi connectivity index (χ1) is 7.08. The highest BCUT2D eigenvalue weighted by molar-refractivity contribution is 6.11. The van der Waals surface area contributed by atoms with Crippen LogP contribution in [0.5, 0.6) is 11.5 Å². The summed E-state index contributed by atoms with van der Waals surface area (Å²) in [5.74, 6) is 1.24. The summed E-state index contributed by atoms with van der Waals surface area (Å²) >= 11 is 0. The van der Waals surface area contributed by atoms with Crippen LogP contribution in [0.3, 0.4) is 0 Å². The summed E-state index contributed by atoms with van der Waals surface area (Å²) in [4.78, 5) is 0. The summed E-state index contributed by atoms with van der Waals surface area (Å²) in [6, 6.07) is 3.84. The molecule has 0 aromatic heterocycles. The third-order valence-corrected chi connectivity index (χ3v) is 2.25. The molecule has 1 aromatic carbocycles. The van der Waals surface area contributed by atoms with E-state index in [-0.39, 0.29) is 5.94 Å². The fourth-order valence-corrected chi connectivity index (χ4v) is 1.53. The molecule has 0 saturated heterocycles. The Morgan fingerprint density at radius 2 is 1.87 bits per heavy atom. The van der Waals surface area contributed by atoms with Crippen LogP contribution in [-0.2, 0) is 6.42 Å². The molecule has 2 N–H and O–H groups in total. The second-order valence-electron chi connectivity index (χ2n) is 3.50. The number of hydrogen-bond acceptors (Lipinski definition) is 3. The predicted octanol–water partition coefficient (Wildman–Crippen LogP) is 1.01. The van der Waals surface area contributed by atoms with Crippen LogP contribution in [0.4, 0.5) is 0 Å². The summed E-state index contributed by atoms with van der Waals surface area (Å²) in [5, 5.41) is 0. The van der Waals surface area contributed by atoms with Gasteiger partial charge in [0.15, 0.2) is 0 Å². The van der Waals surface area contributed by atoms with Gasteiger partial charge in [0, 0.05) is 0 Å². The van der Waals surface area contributed by atoms with Crippen molar-refractivity contribution in [1.29, 1.82) is 0 Å². The van der Waals surface area contributed by atoms with Crippen molar-refractivity contribution < 1.29 is 9.47 Å². The molecule has 2 radical (unpaired) electrons. The molecule has 0 heterocycles. The van der Waals surface area contributed by atoms with E-state index in [1.165, 1.54) is 0 Å². The van der Waals surface area contributed by atoms with Crippen LogP contribution < -0.4 is 15.2 Å². The van der Waals surface area contributed by atoms with E-state index in [2.05, 4.69) is 0 Å². The van der Waals surface area contributed by atoms with Crippen molar-refractivity contribution in [2.45, 2.75) is 19.3 Å². The minimum absolute atomic E-state index is 0.383. The van der Waals surface area contributed by atoms with Gasteiger partial charge in [0.2, 0.25) is 0 Å². The second kappa shape index (κ2) is 5.07. The zero-order valence-electron chi connectivity index (χ0n) is 9.41. The summed E-state index contributed by atoms with van der Waals surface area (Å²) in [7, 11) is 8.83. The number of aryl methyl sites for hydroxylation is 1. The first kappa shape index (κ1) is 11.9. The average Bonchev–Trinajstić information content (AvgIpc) is 2.19. The van der Waals surface area contributed by atoms with Crippen molar-refractivity contribution >= 4 is 7.85 Å². The summed E-state index contributed by atoms with van der Waals surface area (Å²) in [6.07, 6.45) is 0.569. The van der Waals surface area contributed by atoms with Gasteiger partial charge in [0.25, 0.3) is 0 Å². The number of nitrogens with two attached hydrogens (primary N) is 1. The van der Waals surface area contributed by atoms with E-state index >= 15 is 0 Å². The fraction of sp³-hybridized carbons (Fsp3) is 0.455. The molecule has 0 aliphatic rings. The molecule has 3 nitrogen and oxygen atoms in total. The van der Waals surface area contributed by atoms with E-state index in [4.69, 9.17) is 23.1 Å². The van der Waals surface area contributed by atoms with E-state index < -0.39 is 0 Å². The molecule has 80 valence electrons. The Hall–Kier alpha value is -1.16. The van der Waals surface area contributed by atoms with Gasteiger partial charge in [-0.3, -0.25) is 0 Å². The highest BCUT2D eigenvalue weighted by atomic mass is 16.5. The third kappa shape index (κ3) is 2.89. The van der Waals surface area contributed by atoms with Crippen molar-refractivity contribution in [2.75, 3.05) is 14.2 Å². The van der Waals surface area contributed by atoms with Gasteiger partial charge in [0.1, 0.15) is 11.5 Å². The zero-order chi connectivity index (χ0) is 11.4. The van der Waals surface area contributed by atoms with Crippen molar-refractivity contribution in [2.24, 2.45) is 5.73 Å². The van der Waals surface area contributed by atoms with E-state index in [1.807, 2.05) is 19.1 Å². The fourth-order valence-electron chi connectivity index (χ4n) is 1.53. The van der Waals surface area contributed by atoms with Crippen LogP contribution in [-0.4, -0.2) is 28.0 Å². The molecule has 0 fully saturated rings. The van der Waals surface area contributed by atoms with Crippen LogP contribution >= 0.6 is 0 Å². The Bertz CT molecular complexity index is 340. The Morgan fingerprint density at radius 3 is 2.33 bits per heavy atom. The maximum Gasteiger partial charge on any atom is 0.122 e. The van der Waals surface area contributed by atoms with Crippen LogP contribution in [0.1, 0.15) is 11.1 Å². The molecule has 0 amide bonds. The lowest BCUT2D eigenvalue weighted by molar-refractivity contribution is 0.396. The van der Waals surface area contributed by atoms with Gasteiger partial charge < -0.3 is 15.2 Å². The van der Waals surface area contributed by atoms with Gasteiger partial charge in [-0.25, -0.2) is 0 Å². The van der Waals surface area contributed by atoms with Crippen molar-refractivity contribution in [3.8, 4) is 11.5 Å². The molecule has 0 aliphatic carbocycles. The van der Waals surface area contributed by atoms with Gasteiger partial charge in [-0.1, -0.05) is 0 Å². The number of methoxy groups -OCH3 is 2. The molecule has 1 atom stereocenters. The van der Waals surface area contributed by atoms with Crippen molar-refractivity contribution in [1.82, 2.24) is 0 Å². The van der Waals surface area contributed by atoms with Crippen molar-refractivity contribution in [3.05, 3.63) is 23.3 Å². The van der Waals surface area contributed by atoms with Crippen LogP contribution in [0, 0.1) is 6.92 Å². The molecule has 0 saturated carbocycles. The highest BCUT2D eigenvalue weighted by Crippen LogP contribution is 2.28. The monoisotopic (exact) mass is 205 g/mol. The number of rotatable bonds is 4. The van der Waals surface area contributed by atoms with Crippen LogP contribution in [0.2, 0.25) is 0 Å². The predicted molar refractivity (Wildman–Crippen MR) is 61.7 cm³/mol. The maximum atomic E-state index is 5.56. The molecular formula is C11H16BNO2. The van der Waals surface area contributed by atoms with Gasteiger partial charge in [-0.15, -0.1) is 0 Å². The van der Waals surface area contributed by atoms with Crippen LogP contribution in [0.15, 0.2) is 12.1 Å². The Morgan fingerprint density at radius 1 is 1.27 bits per heavy atom. The molecule has 1 rings (SSSR count). The largest absolute Gasteiger partial charge is 0.496 e. The number of hydrogen-bond donors (Lipinski definition) is 1. The van der Waals surface area contributed by atoms with Crippen molar-refractivity contribution in [3.63, 3.8) is 0 Å². The minimum Gasteiger partial charge on any atom is -0.496 e. The lowest BCUT2D eigenvalue weighted by atomic mass is 9.90. The Kier molecular flexibility index (Phi) is 4.03. The first-order valence-electron chi connectivity index (χ1n) is 4.81. The maximum absolute atomic E-state index is 5.56. The highest BCUT2D eigenvalue weighted by Gasteiger charge is 2.09. The molecule has 0 spiro atoms. The topological polar surface area (TPSA) is 44.5 Å². The smallest absolute Gasteiger partial charge is 0.122 e. The van der Waals surface area contributed by atoms with Crippen LogP contribution in [0.25, 0.3) is 0 Å². The normalized spacial score (nSPS) is 12.3. The van der Waals surface area contributed by atoms with E-state index in [9.17, 15) is 0 Å². The van der Waals surface area contributed by atoms with E-state index in [1.54, 1.807) is 14.2 Å². The quantitative estimate of drug-likeness (QED) is 0.746.